The first-order valence-corrected chi connectivity index (χ1v) is 8.17. The summed E-state index contributed by atoms with van der Waals surface area (Å²) in [5.74, 6) is 0.217. The number of carbonyl (C=O) groups is 2. The van der Waals surface area contributed by atoms with Gasteiger partial charge in [-0.1, -0.05) is 13.0 Å². The van der Waals surface area contributed by atoms with E-state index in [1.54, 1.807) is 12.4 Å². The molecular formula is C18H20N4O3. The van der Waals surface area contributed by atoms with Gasteiger partial charge in [0.15, 0.2) is 5.69 Å². The van der Waals surface area contributed by atoms with Crippen LogP contribution in [0.3, 0.4) is 0 Å². The van der Waals surface area contributed by atoms with Crippen LogP contribution < -0.4 is 5.32 Å². The maximum atomic E-state index is 12.0. The van der Waals surface area contributed by atoms with Crippen LogP contribution in [0.4, 0.5) is 5.82 Å². The minimum absolute atomic E-state index is 0.100. The third-order valence-electron chi connectivity index (χ3n) is 4.26. The molecule has 0 radical (unpaired) electrons. The lowest BCUT2D eigenvalue weighted by atomic mass is 9.99. The SMILES string of the molecule is CCc1ccc(C(=O)OC)cc1CCn1cnc2c1NC=NCC2=O. The number of aromatic nitrogens is 2. The Hall–Kier alpha value is -2.96. The number of aryl methyl sites for hydroxylation is 3. The smallest absolute Gasteiger partial charge is 0.337 e. The zero-order valence-electron chi connectivity index (χ0n) is 14.3. The molecule has 7 heteroatoms. The predicted molar refractivity (Wildman–Crippen MR) is 94.4 cm³/mol. The van der Waals surface area contributed by atoms with Crippen LogP contribution >= 0.6 is 0 Å². The number of ether oxygens (including phenoxy) is 1. The van der Waals surface area contributed by atoms with Gasteiger partial charge in [-0.2, -0.15) is 0 Å². The summed E-state index contributed by atoms with van der Waals surface area (Å²) in [4.78, 5) is 31.9. The number of hydrogen-bond donors (Lipinski definition) is 1. The second kappa shape index (κ2) is 7.29. The topological polar surface area (TPSA) is 85.6 Å². The van der Waals surface area contributed by atoms with E-state index in [1.165, 1.54) is 19.0 Å². The maximum absolute atomic E-state index is 12.0. The zero-order valence-corrected chi connectivity index (χ0v) is 14.3. The fourth-order valence-electron chi connectivity index (χ4n) is 2.91. The molecule has 1 aliphatic rings. The Bertz CT molecular complexity index is 839. The van der Waals surface area contributed by atoms with Gasteiger partial charge in [0.25, 0.3) is 0 Å². The van der Waals surface area contributed by atoms with E-state index in [4.69, 9.17) is 4.74 Å². The second-order valence-electron chi connectivity index (χ2n) is 5.75. The van der Waals surface area contributed by atoms with Gasteiger partial charge < -0.3 is 14.6 Å². The normalized spacial score (nSPS) is 13.1. The largest absolute Gasteiger partial charge is 0.465 e. The van der Waals surface area contributed by atoms with Gasteiger partial charge in [-0.05, 0) is 36.1 Å². The van der Waals surface area contributed by atoms with Crippen LogP contribution in [0.15, 0.2) is 29.5 Å². The van der Waals surface area contributed by atoms with E-state index in [1.807, 2.05) is 16.7 Å². The van der Waals surface area contributed by atoms with Gasteiger partial charge in [0, 0.05) is 6.54 Å². The van der Waals surface area contributed by atoms with Crippen molar-refractivity contribution in [2.45, 2.75) is 26.3 Å². The van der Waals surface area contributed by atoms with Gasteiger partial charge in [0.05, 0.1) is 25.3 Å². The first-order valence-electron chi connectivity index (χ1n) is 8.17. The molecule has 1 aliphatic heterocycles. The minimum atomic E-state index is -0.344. The predicted octanol–water partition coefficient (Wildman–Crippen LogP) is 2.11. The van der Waals surface area contributed by atoms with Crippen LogP contribution in [0.1, 0.15) is 38.9 Å². The van der Waals surface area contributed by atoms with Crippen molar-refractivity contribution >= 4 is 23.9 Å². The monoisotopic (exact) mass is 340 g/mol. The van der Waals surface area contributed by atoms with E-state index in [9.17, 15) is 9.59 Å². The molecule has 0 atom stereocenters. The van der Waals surface area contributed by atoms with Crippen molar-refractivity contribution in [2.75, 3.05) is 19.0 Å². The maximum Gasteiger partial charge on any atom is 0.337 e. The number of nitrogens with one attached hydrogen (secondary N) is 1. The van der Waals surface area contributed by atoms with Crippen molar-refractivity contribution in [1.29, 1.82) is 0 Å². The molecule has 1 aromatic carbocycles. The molecule has 1 N–H and O–H groups in total. The Morgan fingerprint density at radius 3 is 2.96 bits per heavy atom. The highest BCUT2D eigenvalue weighted by atomic mass is 16.5. The van der Waals surface area contributed by atoms with Crippen molar-refractivity contribution in [3.05, 3.63) is 46.9 Å². The molecule has 0 unspecified atom stereocenters. The van der Waals surface area contributed by atoms with E-state index in [0.29, 0.717) is 30.0 Å². The summed E-state index contributed by atoms with van der Waals surface area (Å²) in [6, 6.07) is 5.62. The number of aliphatic imine (C=N–C) groups is 1. The minimum Gasteiger partial charge on any atom is -0.465 e. The van der Waals surface area contributed by atoms with E-state index in [2.05, 4.69) is 22.2 Å². The molecule has 0 amide bonds. The number of rotatable bonds is 5. The standard InChI is InChI=1S/C18H20N4O3/c1-3-12-4-5-14(18(24)25-2)8-13(12)6-7-22-11-21-16-15(23)9-19-10-20-17(16)22/h4-5,8,10-11H,3,6-7,9H2,1-2H3,(H,19,20). The van der Waals surface area contributed by atoms with Crippen molar-refractivity contribution in [1.82, 2.24) is 9.55 Å². The third kappa shape index (κ3) is 3.45. The summed E-state index contributed by atoms with van der Waals surface area (Å²) in [6.45, 7) is 2.82. The van der Waals surface area contributed by atoms with Gasteiger partial charge >= 0.3 is 5.97 Å². The fraction of sp³-hybridized carbons (Fsp3) is 0.333. The number of esters is 1. The number of anilines is 1. The van der Waals surface area contributed by atoms with Crippen molar-refractivity contribution < 1.29 is 14.3 Å². The van der Waals surface area contributed by atoms with E-state index in [-0.39, 0.29) is 18.3 Å². The van der Waals surface area contributed by atoms with Gasteiger partial charge in [-0.3, -0.25) is 9.79 Å². The lowest BCUT2D eigenvalue weighted by Gasteiger charge is -2.12. The molecule has 0 fully saturated rings. The Balaban J connectivity index is 1.83. The Morgan fingerprint density at radius 2 is 2.20 bits per heavy atom. The highest BCUT2D eigenvalue weighted by Crippen LogP contribution is 2.19. The number of nitrogens with zero attached hydrogens (tertiary/aromatic N) is 3. The van der Waals surface area contributed by atoms with Crippen molar-refractivity contribution in [2.24, 2.45) is 4.99 Å². The van der Waals surface area contributed by atoms with Gasteiger partial charge in [0.1, 0.15) is 12.4 Å². The summed E-state index contributed by atoms with van der Waals surface area (Å²) < 4.78 is 6.70. The first kappa shape index (κ1) is 16.9. The highest BCUT2D eigenvalue weighted by molar-refractivity contribution is 6.04. The molecular weight excluding hydrogens is 320 g/mol. The Morgan fingerprint density at radius 1 is 1.36 bits per heavy atom. The average molecular weight is 340 g/mol. The average Bonchev–Trinajstić information content (AvgIpc) is 2.96. The van der Waals surface area contributed by atoms with Crippen LogP contribution in [-0.2, 0) is 24.1 Å². The van der Waals surface area contributed by atoms with Crippen LogP contribution in [0.2, 0.25) is 0 Å². The molecule has 3 rings (SSSR count). The number of ketones is 1. The number of hydrogen-bond acceptors (Lipinski definition) is 6. The number of Topliss-reactive ketones (excluding diaryl/α,β-unsaturated/α-hetero) is 1. The molecule has 25 heavy (non-hydrogen) atoms. The van der Waals surface area contributed by atoms with Gasteiger partial charge in [-0.15, -0.1) is 0 Å². The highest BCUT2D eigenvalue weighted by Gasteiger charge is 2.19. The molecule has 0 saturated heterocycles. The first-order chi connectivity index (χ1) is 12.1. The molecule has 0 bridgehead atoms. The molecule has 0 spiro atoms. The molecule has 2 aromatic rings. The fourth-order valence-corrected chi connectivity index (χ4v) is 2.91. The number of methoxy groups -OCH3 is 1. The van der Waals surface area contributed by atoms with Gasteiger partial charge in [0.2, 0.25) is 5.78 Å². The molecule has 130 valence electrons. The number of benzene rings is 1. The quantitative estimate of drug-likeness (QED) is 0.843. The summed E-state index contributed by atoms with van der Waals surface area (Å²) >= 11 is 0. The van der Waals surface area contributed by atoms with Crippen molar-refractivity contribution in [3.63, 3.8) is 0 Å². The Kier molecular flexibility index (Phi) is 4.92. The summed E-state index contributed by atoms with van der Waals surface area (Å²) in [7, 11) is 1.38. The second-order valence-corrected chi connectivity index (χ2v) is 5.75. The third-order valence-corrected chi connectivity index (χ3v) is 4.26. The van der Waals surface area contributed by atoms with E-state index in [0.717, 1.165) is 12.0 Å². The van der Waals surface area contributed by atoms with Crippen LogP contribution in [0, 0.1) is 0 Å². The molecule has 0 saturated carbocycles. The summed E-state index contributed by atoms with van der Waals surface area (Å²) in [5, 5.41) is 3.02. The molecule has 7 nitrogen and oxygen atoms in total. The number of carbonyl (C=O) groups excluding carboxylic acids is 2. The van der Waals surface area contributed by atoms with Crippen LogP contribution in [0.5, 0.6) is 0 Å². The zero-order chi connectivity index (χ0) is 17.8. The van der Waals surface area contributed by atoms with Crippen molar-refractivity contribution in [3.8, 4) is 0 Å². The summed E-state index contributed by atoms with van der Waals surface area (Å²) in [6.07, 6.45) is 4.77. The summed E-state index contributed by atoms with van der Waals surface area (Å²) in [5.41, 5.74) is 3.22. The van der Waals surface area contributed by atoms with E-state index < -0.39 is 0 Å². The lowest BCUT2D eigenvalue weighted by molar-refractivity contribution is 0.0600. The van der Waals surface area contributed by atoms with E-state index >= 15 is 0 Å². The van der Waals surface area contributed by atoms with Gasteiger partial charge in [-0.25, -0.2) is 9.78 Å². The van der Waals surface area contributed by atoms with Crippen LogP contribution in [-0.4, -0.2) is 41.3 Å². The molecule has 0 aliphatic carbocycles. The lowest BCUT2D eigenvalue weighted by Crippen LogP contribution is -2.10. The molecule has 2 heterocycles. The number of fused-ring (bicyclic) bond motifs is 1. The van der Waals surface area contributed by atoms with Crippen LogP contribution in [0.25, 0.3) is 0 Å². The Labute approximate surface area is 145 Å². The number of imidazole rings is 1. The molecule has 1 aromatic heterocycles.